The van der Waals surface area contributed by atoms with Crippen LogP contribution in [0.5, 0.6) is 0 Å². The lowest BCUT2D eigenvalue weighted by Gasteiger charge is -2.10. The van der Waals surface area contributed by atoms with Crippen LogP contribution in [-0.2, 0) is 0 Å². The Kier molecular flexibility index (Phi) is 5.66. The first-order chi connectivity index (χ1) is 11.0. The maximum Gasteiger partial charge on any atom is 0.251 e. The fourth-order valence-corrected chi connectivity index (χ4v) is 2.19. The topological polar surface area (TPSA) is 90.7 Å². The average molecular weight is 374 g/mol. The summed E-state index contributed by atoms with van der Waals surface area (Å²) < 4.78 is 0.924. The molecule has 0 saturated carbocycles. The van der Waals surface area contributed by atoms with Crippen molar-refractivity contribution in [3.63, 3.8) is 0 Å². The van der Waals surface area contributed by atoms with E-state index in [9.17, 15) is 10.1 Å². The van der Waals surface area contributed by atoms with Gasteiger partial charge in [-0.2, -0.15) is 10.4 Å². The van der Waals surface area contributed by atoms with E-state index in [1.54, 1.807) is 12.1 Å². The summed E-state index contributed by atoms with van der Waals surface area (Å²) in [5.74, 6) is 0.291. The third kappa shape index (κ3) is 4.27. The summed E-state index contributed by atoms with van der Waals surface area (Å²) in [4.78, 5) is 12.0. The molecule has 0 aliphatic heterocycles. The number of aryl methyl sites for hydroxylation is 1. The molecule has 2 rings (SSSR count). The minimum absolute atomic E-state index is 0.147. The highest BCUT2D eigenvalue weighted by molar-refractivity contribution is 9.10. The molecule has 1 heterocycles. The van der Waals surface area contributed by atoms with Gasteiger partial charge in [-0.1, -0.05) is 15.9 Å². The van der Waals surface area contributed by atoms with E-state index in [1.165, 1.54) is 0 Å². The Morgan fingerprint density at radius 1 is 1.22 bits per heavy atom. The Labute approximate surface area is 143 Å². The van der Waals surface area contributed by atoms with Crippen molar-refractivity contribution in [1.29, 1.82) is 5.26 Å². The quantitative estimate of drug-likeness (QED) is 0.785. The van der Waals surface area contributed by atoms with Gasteiger partial charge >= 0.3 is 0 Å². The fraction of sp³-hybridized carbons (Fsp3) is 0.250. The summed E-state index contributed by atoms with van der Waals surface area (Å²) in [6.07, 6.45) is 0. The molecule has 0 radical (unpaired) electrons. The molecule has 0 unspecified atom stereocenters. The van der Waals surface area contributed by atoms with Gasteiger partial charge in [0.1, 0.15) is 11.6 Å². The van der Waals surface area contributed by atoms with Crippen LogP contribution in [0.15, 0.2) is 28.7 Å². The maximum atomic E-state index is 12.0. The van der Waals surface area contributed by atoms with Crippen LogP contribution in [0.1, 0.15) is 27.2 Å². The normalized spacial score (nSPS) is 10.0. The number of nitrogens with one attached hydrogen (secondary N) is 2. The Morgan fingerprint density at radius 2 is 1.91 bits per heavy atom. The number of carbonyl (C=O) groups is 1. The van der Waals surface area contributed by atoms with Gasteiger partial charge in [0.25, 0.3) is 5.91 Å². The number of aromatic nitrogens is 2. The molecule has 1 amide bonds. The smallest absolute Gasteiger partial charge is 0.251 e. The Hall–Kier alpha value is -2.46. The standard InChI is InChI=1S/C16H16BrN5O/c1-10-11(2)21-22-15(14(10)9-18)19-7-8-20-16(23)12-3-5-13(17)6-4-12/h3-6H,7-8H2,1-2H3,(H,19,22)(H,20,23). The van der Waals surface area contributed by atoms with Crippen molar-refractivity contribution in [2.75, 3.05) is 18.4 Å². The molecule has 0 spiro atoms. The fourth-order valence-electron chi connectivity index (χ4n) is 1.93. The number of amides is 1. The van der Waals surface area contributed by atoms with Gasteiger partial charge in [0.2, 0.25) is 0 Å². The van der Waals surface area contributed by atoms with E-state index in [-0.39, 0.29) is 5.91 Å². The summed E-state index contributed by atoms with van der Waals surface area (Å²) in [6, 6.07) is 9.25. The summed E-state index contributed by atoms with van der Waals surface area (Å²) in [5, 5.41) is 23.0. The van der Waals surface area contributed by atoms with Crippen molar-refractivity contribution < 1.29 is 4.79 Å². The first-order valence-corrected chi connectivity index (χ1v) is 7.84. The summed E-state index contributed by atoms with van der Waals surface area (Å²) in [6.45, 7) is 4.51. The van der Waals surface area contributed by atoms with Crippen molar-refractivity contribution in [3.8, 4) is 6.07 Å². The molecule has 23 heavy (non-hydrogen) atoms. The predicted molar refractivity (Wildman–Crippen MR) is 91.2 cm³/mol. The molecule has 6 nitrogen and oxygen atoms in total. The third-order valence-electron chi connectivity index (χ3n) is 3.38. The highest BCUT2D eigenvalue weighted by atomic mass is 79.9. The number of rotatable bonds is 5. The summed E-state index contributed by atoms with van der Waals surface area (Å²) in [5.41, 5.74) is 2.62. The van der Waals surface area contributed by atoms with Crippen molar-refractivity contribution in [1.82, 2.24) is 15.5 Å². The molecular weight excluding hydrogens is 358 g/mol. The highest BCUT2D eigenvalue weighted by Gasteiger charge is 2.10. The van der Waals surface area contributed by atoms with Crippen molar-refractivity contribution in [2.24, 2.45) is 0 Å². The molecule has 0 aliphatic rings. The lowest BCUT2D eigenvalue weighted by molar-refractivity contribution is 0.0955. The molecule has 0 saturated heterocycles. The van der Waals surface area contributed by atoms with Crippen LogP contribution >= 0.6 is 15.9 Å². The highest BCUT2D eigenvalue weighted by Crippen LogP contribution is 2.16. The second-order valence-corrected chi connectivity index (χ2v) is 5.85. The van der Waals surface area contributed by atoms with Crippen LogP contribution in [0.2, 0.25) is 0 Å². The van der Waals surface area contributed by atoms with E-state index in [1.807, 2.05) is 26.0 Å². The number of hydrogen-bond donors (Lipinski definition) is 2. The zero-order valence-corrected chi connectivity index (χ0v) is 14.4. The SMILES string of the molecule is Cc1nnc(NCCNC(=O)c2ccc(Br)cc2)c(C#N)c1C. The molecular formula is C16H16BrN5O. The number of benzene rings is 1. The van der Waals surface area contributed by atoms with Crippen molar-refractivity contribution in [2.45, 2.75) is 13.8 Å². The van der Waals surface area contributed by atoms with Crippen LogP contribution in [0, 0.1) is 25.2 Å². The minimum Gasteiger partial charge on any atom is -0.366 e. The number of nitrogens with zero attached hydrogens (tertiary/aromatic N) is 3. The molecule has 1 aromatic carbocycles. The zero-order valence-electron chi connectivity index (χ0n) is 12.9. The molecule has 2 N–H and O–H groups in total. The maximum absolute atomic E-state index is 12.0. The number of carbonyl (C=O) groups excluding carboxylic acids is 1. The van der Waals surface area contributed by atoms with Crippen LogP contribution in [0.3, 0.4) is 0 Å². The Balaban J connectivity index is 1.89. The molecule has 118 valence electrons. The van der Waals surface area contributed by atoms with Crippen LogP contribution < -0.4 is 10.6 Å². The second kappa shape index (κ2) is 7.70. The molecule has 0 aliphatic carbocycles. The van der Waals surface area contributed by atoms with Gasteiger partial charge in [-0.25, -0.2) is 0 Å². The number of hydrogen-bond acceptors (Lipinski definition) is 5. The van der Waals surface area contributed by atoms with Gasteiger partial charge < -0.3 is 10.6 Å². The van der Waals surface area contributed by atoms with Crippen molar-refractivity contribution >= 4 is 27.7 Å². The van der Waals surface area contributed by atoms with Crippen molar-refractivity contribution in [3.05, 3.63) is 51.1 Å². The Morgan fingerprint density at radius 3 is 2.57 bits per heavy atom. The van der Waals surface area contributed by atoms with E-state index < -0.39 is 0 Å². The molecule has 7 heteroatoms. The van der Waals surface area contributed by atoms with Gasteiger partial charge in [-0.3, -0.25) is 4.79 Å². The number of halogens is 1. The van der Waals surface area contributed by atoms with E-state index >= 15 is 0 Å². The molecule has 0 fully saturated rings. The summed E-state index contributed by atoms with van der Waals surface area (Å²) in [7, 11) is 0. The lowest BCUT2D eigenvalue weighted by atomic mass is 10.1. The molecule has 1 aromatic heterocycles. The lowest BCUT2D eigenvalue weighted by Crippen LogP contribution is -2.29. The van der Waals surface area contributed by atoms with Gasteiger partial charge in [-0.15, -0.1) is 5.10 Å². The molecule has 0 atom stereocenters. The number of nitriles is 1. The van der Waals surface area contributed by atoms with E-state index in [0.717, 1.165) is 15.7 Å². The van der Waals surface area contributed by atoms with Gasteiger partial charge in [0.05, 0.1) is 5.69 Å². The largest absolute Gasteiger partial charge is 0.366 e. The predicted octanol–water partition coefficient (Wildman–Crippen LogP) is 2.57. The number of anilines is 1. The van der Waals surface area contributed by atoms with E-state index in [0.29, 0.717) is 30.0 Å². The van der Waals surface area contributed by atoms with E-state index in [2.05, 4.69) is 42.8 Å². The molecule has 2 aromatic rings. The minimum atomic E-state index is -0.147. The van der Waals surface area contributed by atoms with Gasteiger partial charge in [-0.05, 0) is 43.7 Å². The monoisotopic (exact) mass is 373 g/mol. The average Bonchev–Trinajstić information content (AvgIpc) is 2.55. The summed E-state index contributed by atoms with van der Waals surface area (Å²) >= 11 is 3.33. The molecule has 0 bridgehead atoms. The second-order valence-electron chi connectivity index (χ2n) is 4.94. The van der Waals surface area contributed by atoms with E-state index in [4.69, 9.17) is 0 Å². The van der Waals surface area contributed by atoms with Gasteiger partial charge in [0, 0.05) is 23.1 Å². The third-order valence-corrected chi connectivity index (χ3v) is 3.90. The first kappa shape index (κ1) is 16.9. The van der Waals surface area contributed by atoms with Crippen LogP contribution in [0.25, 0.3) is 0 Å². The van der Waals surface area contributed by atoms with Crippen LogP contribution in [-0.4, -0.2) is 29.2 Å². The zero-order chi connectivity index (χ0) is 16.8. The van der Waals surface area contributed by atoms with Crippen LogP contribution in [0.4, 0.5) is 5.82 Å². The Bertz CT molecular complexity index is 752. The first-order valence-electron chi connectivity index (χ1n) is 7.04. The van der Waals surface area contributed by atoms with Gasteiger partial charge in [0.15, 0.2) is 5.82 Å².